The molecule has 0 heterocycles. The maximum Gasteiger partial charge on any atom is 0.224 e. The molecule has 0 radical (unpaired) electrons. The topological polar surface area (TPSA) is 58.6 Å². The van der Waals surface area contributed by atoms with Gasteiger partial charge in [-0.1, -0.05) is 38.1 Å². The van der Waals surface area contributed by atoms with E-state index in [4.69, 9.17) is 4.74 Å². The summed E-state index contributed by atoms with van der Waals surface area (Å²) >= 11 is 0. The van der Waals surface area contributed by atoms with Crippen molar-refractivity contribution in [2.75, 3.05) is 11.9 Å². The number of para-hydroxylation sites is 2. The van der Waals surface area contributed by atoms with Crippen LogP contribution in [0.5, 0.6) is 11.5 Å². The van der Waals surface area contributed by atoms with Gasteiger partial charge < -0.3 is 15.2 Å². The van der Waals surface area contributed by atoms with Gasteiger partial charge in [0.15, 0.2) is 0 Å². The van der Waals surface area contributed by atoms with Crippen molar-refractivity contribution in [2.45, 2.75) is 33.6 Å². The number of amides is 1. The average Bonchev–Trinajstić information content (AvgIpc) is 2.55. The van der Waals surface area contributed by atoms with E-state index in [1.807, 2.05) is 25.1 Å². The normalized spacial score (nSPS) is 10.7. The molecule has 1 amide bonds. The van der Waals surface area contributed by atoms with Crippen LogP contribution in [0.4, 0.5) is 5.69 Å². The lowest BCUT2D eigenvalue weighted by Gasteiger charge is -2.14. The number of hydrogen-bond donors (Lipinski definition) is 2. The number of rotatable bonds is 7. The molecule has 0 bridgehead atoms. The summed E-state index contributed by atoms with van der Waals surface area (Å²) in [6.07, 6.45) is 0.979. The van der Waals surface area contributed by atoms with Crippen molar-refractivity contribution in [3.05, 3.63) is 53.6 Å². The highest BCUT2D eigenvalue weighted by Gasteiger charge is 2.10. The molecule has 128 valence electrons. The Bertz CT molecular complexity index is 695. The van der Waals surface area contributed by atoms with Gasteiger partial charge in [0.25, 0.3) is 0 Å². The van der Waals surface area contributed by atoms with Crippen LogP contribution in [0.25, 0.3) is 0 Å². The van der Waals surface area contributed by atoms with Gasteiger partial charge in [-0.3, -0.25) is 4.79 Å². The van der Waals surface area contributed by atoms with E-state index in [0.717, 1.165) is 16.9 Å². The van der Waals surface area contributed by atoms with E-state index >= 15 is 0 Å². The first-order valence-corrected chi connectivity index (χ1v) is 8.26. The van der Waals surface area contributed by atoms with Crippen LogP contribution in [0.15, 0.2) is 42.5 Å². The molecule has 0 fully saturated rings. The Morgan fingerprint density at radius 1 is 1.17 bits per heavy atom. The van der Waals surface area contributed by atoms with Gasteiger partial charge in [-0.25, -0.2) is 0 Å². The van der Waals surface area contributed by atoms with Crippen molar-refractivity contribution >= 4 is 11.6 Å². The third-order valence-electron chi connectivity index (χ3n) is 3.77. The molecule has 2 rings (SSSR count). The van der Waals surface area contributed by atoms with Crippen LogP contribution in [-0.2, 0) is 11.2 Å². The highest BCUT2D eigenvalue weighted by atomic mass is 16.5. The van der Waals surface area contributed by atoms with E-state index in [9.17, 15) is 9.90 Å². The summed E-state index contributed by atoms with van der Waals surface area (Å²) in [4.78, 5) is 12.1. The summed E-state index contributed by atoms with van der Waals surface area (Å²) in [7, 11) is 0. The van der Waals surface area contributed by atoms with Crippen LogP contribution in [-0.4, -0.2) is 17.6 Å². The molecular weight excluding hydrogens is 302 g/mol. The van der Waals surface area contributed by atoms with E-state index < -0.39 is 0 Å². The molecule has 2 N–H and O–H groups in total. The van der Waals surface area contributed by atoms with Crippen molar-refractivity contribution in [1.29, 1.82) is 0 Å². The number of phenolic OH excluding ortho intramolecular Hbond substituents is 1. The second-order valence-corrected chi connectivity index (χ2v) is 6.31. The largest absolute Gasteiger partial charge is 0.506 e. The minimum absolute atomic E-state index is 0.0751. The zero-order valence-corrected chi connectivity index (χ0v) is 14.5. The number of phenols is 1. The Morgan fingerprint density at radius 2 is 1.92 bits per heavy atom. The third-order valence-corrected chi connectivity index (χ3v) is 3.77. The minimum atomic E-state index is -0.121. The van der Waals surface area contributed by atoms with E-state index in [1.165, 1.54) is 0 Å². The second kappa shape index (κ2) is 8.39. The fourth-order valence-corrected chi connectivity index (χ4v) is 2.38. The van der Waals surface area contributed by atoms with Crippen LogP contribution in [0.3, 0.4) is 0 Å². The van der Waals surface area contributed by atoms with Crippen LogP contribution < -0.4 is 10.1 Å². The Labute approximate surface area is 143 Å². The molecule has 24 heavy (non-hydrogen) atoms. The van der Waals surface area contributed by atoms with Gasteiger partial charge in [0.05, 0.1) is 12.3 Å². The van der Waals surface area contributed by atoms with E-state index in [-0.39, 0.29) is 11.7 Å². The molecule has 0 saturated carbocycles. The van der Waals surface area contributed by atoms with E-state index in [0.29, 0.717) is 31.1 Å². The third kappa shape index (κ3) is 5.01. The highest BCUT2D eigenvalue weighted by molar-refractivity contribution is 5.92. The van der Waals surface area contributed by atoms with Gasteiger partial charge in [-0.15, -0.1) is 0 Å². The fraction of sp³-hybridized carbons (Fsp3) is 0.350. The van der Waals surface area contributed by atoms with Gasteiger partial charge in [0.2, 0.25) is 5.91 Å². The highest BCUT2D eigenvalue weighted by Crippen LogP contribution is 2.24. The molecule has 2 aromatic rings. The quantitative estimate of drug-likeness (QED) is 0.745. The van der Waals surface area contributed by atoms with Crippen molar-refractivity contribution in [2.24, 2.45) is 5.92 Å². The predicted octanol–water partition coefficient (Wildman–Crippen LogP) is 4.31. The van der Waals surface area contributed by atoms with E-state index in [1.54, 1.807) is 24.3 Å². The average molecular weight is 327 g/mol. The Kier molecular flexibility index (Phi) is 6.24. The lowest BCUT2D eigenvalue weighted by molar-refractivity contribution is -0.116. The summed E-state index contributed by atoms with van der Waals surface area (Å²) < 4.78 is 5.82. The summed E-state index contributed by atoms with van der Waals surface area (Å²) in [5.41, 5.74) is 2.62. The maximum absolute atomic E-state index is 12.1. The molecule has 0 saturated heterocycles. The van der Waals surface area contributed by atoms with Gasteiger partial charge in [0, 0.05) is 6.42 Å². The number of ether oxygens (including phenoxy) is 1. The zero-order valence-electron chi connectivity index (χ0n) is 14.5. The lowest BCUT2D eigenvalue weighted by Crippen LogP contribution is -2.13. The fourth-order valence-electron chi connectivity index (χ4n) is 2.38. The number of benzene rings is 2. The first kappa shape index (κ1) is 17.9. The molecule has 0 atom stereocenters. The van der Waals surface area contributed by atoms with Crippen molar-refractivity contribution in [3.63, 3.8) is 0 Å². The Balaban J connectivity index is 1.95. The Hall–Kier alpha value is -2.49. The standard InChI is InChI=1S/C20H25NO3/c1-14(2)13-24-19-10-6-7-16(15(19)3)11-12-20(23)21-17-8-4-5-9-18(17)22/h4-10,14,22H,11-13H2,1-3H3,(H,21,23). The van der Waals surface area contributed by atoms with Gasteiger partial charge in [0.1, 0.15) is 11.5 Å². The van der Waals surface area contributed by atoms with Crippen LogP contribution >= 0.6 is 0 Å². The predicted molar refractivity (Wildman–Crippen MR) is 96.6 cm³/mol. The molecule has 2 aromatic carbocycles. The molecule has 0 aliphatic rings. The van der Waals surface area contributed by atoms with Crippen LogP contribution in [0.2, 0.25) is 0 Å². The van der Waals surface area contributed by atoms with Gasteiger partial charge in [-0.05, 0) is 48.6 Å². The summed E-state index contributed by atoms with van der Waals surface area (Å²) in [5.74, 6) is 1.30. The summed E-state index contributed by atoms with van der Waals surface area (Å²) in [6.45, 7) is 6.93. The number of carbonyl (C=O) groups excluding carboxylic acids is 1. The first-order valence-electron chi connectivity index (χ1n) is 8.26. The molecule has 0 spiro atoms. The van der Waals surface area contributed by atoms with Gasteiger partial charge >= 0.3 is 0 Å². The first-order chi connectivity index (χ1) is 11.5. The van der Waals surface area contributed by atoms with Crippen molar-refractivity contribution < 1.29 is 14.6 Å². The molecule has 0 aliphatic carbocycles. The smallest absolute Gasteiger partial charge is 0.224 e. The molecule has 0 aliphatic heterocycles. The number of hydrogen-bond acceptors (Lipinski definition) is 3. The molecule has 4 nitrogen and oxygen atoms in total. The van der Waals surface area contributed by atoms with Crippen LogP contribution in [0.1, 0.15) is 31.4 Å². The maximum atomic E-state index is 12.1. The molecule has 0 unspecified atom stereocenters. The second-order valence-electron chi connectivity index (χ2n) is 6.31. The minimum Gasteiger partial charge on any atom is -0.506 e. The van der Waals surface area contributed by atoms with Crippen molar-refractivity contribution in [1.82, 2.24) is 0 Å². The van der Waals surface area contributed by atoms with Gasteiger partial charge in [-0.2, -0.15) is 0 Å². The number of anilines is 1. The van der Waals surface area contributed by atoms with Crippen LogP contribution in [0, 0.1) is 12.8 Å². The number of nitrogens with one attached hydrogen (secondary N) is 1. The SMILES string of the molecule is Cc1c(CCC(=O)Nc2ccccc2O)cccc1OCC(C)C. The monoisotopic (exact) mass is 327 g/mol. The number of aryl methyl sites for hydroxylation is 1. The number of carbonyl (C=O) groups is 1. The Morgan fingerprint density at radius 3 is 2.62 bits per heavy atom. The molecule has 4 heteroatoms. The van der Waals surface area contributed by atoms with E-state index in [2.05, 4.69) is 19.2 Å². The summed E-state index contributed by atoms with van der Waals surface area (Å²) in [6, 6.07) is 12.7. The lowest BCUT2D eigenvalue weighted by atomic mass is 10.0. The number of aromatic hydroxyl groups is 1. The van der Waals surface area contributed by atoms with Crippen molar-refractivity contribution in [3.8, 4) is 11.5 Å². The zero-order chi connectivity index (χ0) is 17.5. The summed E-state index contributed by atoms with van der Waals surface area (Å²) in [5, 5.41) is 12.4. The molecular formula is C20H25NO3. The molecule has 0 aromatic heterocycles.